The number of halogens is 3. The Morgan fingerprint density at radius 1 is 1.14 bits per heavy atom. The molecular formula is C25H36F3N3O5S. The molecule has 2 fully saturated rings. The Labute approximate surface area is 216 Å². The highest BCUT2D eigenvalue weighted by Gasteiger charge is 2.47. The Morgan fingerprint density at radius 2 is 1.78 bits per heavy atom. The van der Waals surface area contributed by atoms with Gasteiger partial charge in [-0.15, -0.1) is 0 Å². The minimum atomic E-state index is -4.65. The summed E-state index contributed by atoms with van der Waals surface area (Å²) in [6, 6.07) is 3.40. The van der Waals surface area contributed by atoms with Gasteiger partial charge < -0.3 is 15.0 Å². The van der Waals surface area contributed by atoms with Crippen LogP contribution in [0.2, 0.25) is 0 Å². The summed E-state index contributed by atoms with van der Waals surface area (Å²) in [6.45, 7) is 9.33. The molecule has 0 spiro atoms. The van der Waals surface area contributed by atoms with Crippen LogP contribution >= 0.6 is 0 Å². The van der Waals surface area contributed by atoms with Crippen LogP contribution in [0.4, 0.5) is 18.0 Å². The number of nitrogens with zero attached hydrogens (tertiary/aromatic N) is 2. The predicted molar refractivity (Wildman–Crippen MR) is 131 cm³/mol. The monoisotopic (exact) mass is 547 g/mol. The fourth-order valence-electron chi connectivity index (χ4n) is 4.80. The fourth-order valence-corrected chi connectivity index (χ4v) is 6.38. The number of amides is 2. The van der Waals surface area contributed by atoms with E-state index in [1.807, 2.05) is 20.8 Å². The molecule has 1 aromatic rings. The average molecular weight is 548 g/mol. The number of fused-ring (bicyclic) bond motifs is 1. The van der Waals surface area contributed by atoms with Gasteiger partial charge in [-0.05, 0) is 69.6 Å². The van der Waals surface area contributed by atoms with Gasteiger partial charge in [-0.1, -0.05) is 19.9 Å². The lowest BCUT2D eigenvalue weighted by atomic mass is 9.97. The van der Waals surface area contributed by atoms with E-state index >= 15 is 0 Å². The topological polar surface area (TPSA) is 96.0 Å². The molecule has 0 bridgehead atoms. The second-order valence-electron chi connectivity index (χ2n) is 11.2. The summed E-state index contributed by atoms with van der Waals surface area (Å²) < 4.78 is 72.4. The highest BCUT2D eigenvalue weighted by atomic mass is 32.2. The van der Waals surface area contributed by atoms with Crippen LogP contribution in [0.15, 0.2) is 29.2 Å². The molecule has 12 heteroatoms. The average Bonchev–Trinajstić information content (AvgIpc) is 3.38. The molecule has 1 aromatic carbocycles. The van der Waals surface area contributed by atoms with Gasteiger partial charge in [-0.3, -0.25) is 4.79 Å². The molecule has 1 aliphatic heterocycles. The quantitative estimate of drug-likeness (QED) is 0.578. The maximum absolute atomic E-state index is 13.1. The van der Waals surface area contributed by atoms with E-state index in [0.717, 1.165) is 18.2 Å². The van der Waals surface area contributed by atoms with E-state index in [9.17, 15) is 31.2 Å². The number of sulfonamides is 1. The van der Waals surface area contributed by atoms with Gasteiger partial charge in [0.25, 0.3) is 5.91 Å². The zero-order valence-corrected chi connectivity index (χ0v) is 22.8. The molecular weight excluding hydrogens is 511 g/mol. The number of carbonyl (C=O) groups is 2. The number of nitrogens with one attached hydrogen (secondary N) is 1. The minimum Gasteiger partial charge on any atom is -0.436 e. The fraction of sp³-hybridized carbons (Fsp3) is 0.680. The summed E-state index contributed by atoms with van der Waals surface area (Å²) >= 11 is 0. The molecule has 0 unspecified atom stereocenters. The third-order valence-corrected chi connectivity index (χ3v) is 9.15. The molecule has 1 N–H and O–H groups in total. The number of hydrogen-bond acceptors (Lipinski definition) is 5. The maximum Gasteiger partial charge on any atom is 0.416 e. The molecule has 3 rings (SSSR count). The van der Waals surface area contributed by atoms with Crippen LogP contribution in [0.3, 0.4) is 0 Å². The van der Waals surface area contributed by atoms with Crippen molar-refractivity contribution in [1.29, 1.82) is 0 Å². The first-order valence-corrected chi connectivity index (χ1v) is 13.8. The van der Waals surface area contributed by atoms with Crippen LogP contribution in [0.1, 0.15) is 53.0 Å². The Hall–Kier alpha value is -2.34. The summed E-state index contributed by atoms with van der Waals surface area (Å²) in [5.74, 6) is -0.963. The lowest BCUT2D eigenvalue weighted by molar-refractivity contribution is -0.137. The van der Waals surface area contributed by atoms with Crippen molar-refractivity contribution in [2.75, 3.05) is 20.1 Å². The number of benzene rings is 1. The van der Waals surface area contributed by atoms with Crippen LogP contribution in [0.25, 0.3) is 0 Å². The lowest BCUT2D eigenvalue weighted by Gasteiger charge is -2.33. The van der Waals surface area contributed by atoms with Gasteiger partial charge in [0, 0.05) is 31.7 Å². The second-order valence-corrected chi connectivity index (χ2v) is 13.2. The number of ether oxygens (including phenoxy) is 1. The first kappa shape index (κ1) is 29.2. The molecule has 1 saturated heterocycles. The van der Waals surface area contributed by atoms with E-state index in [-0.39, 0.29) is 36.9 Å². The van der Waals surface area contributed by atoms with Crippen molar-refractivity contribution in [3.63, 3.8) is 0 Å². The summed E-state index contributed by atoms with van der Waals surface area (Å²) in [6.07, 6.45) is -4.99. The smallest absolute Gasteiger partial charge is 0.416 e. The van der Waals surface area contributed by atoms with Gasteiger partial charge >= 0.3 is 12.3 Å². The second kappa shape index (κ2) is 10.4. The van der Waals surface area contributed by atoms with Gasteiger partial charge in [-0.2, -0.15) is 17.5 Å². The number of rotatable bonds is 6. The Bertz CT molecular complexity index is 1120. The van der Waals surface area contributed by atoms with Crippen molar-refractivity contribution < 1.29 is 35.9 Å². The first-order chi connectivity index (χ1) is 16.9. The lowest BCUT2D eigenvalue weighted by Crippen LogP contribution is -2.50. The maximum atomic E-state index is 13.1. The summed E-state index contributed by atoms with van der Waals surface area (Å²) in [4.78, 5) is 26.7. The van der Waals surface area contributed by atoms with Crippen molar-refractivity contribution in [2.24, 2.45) is 17.8 Å². The summed E-state index contributed by atoms with van der Waals surface area (Å²) in [5, 5.41) is 2.95. The SMILES string of the molecule is CC(C)[C@H](OC(=O)N(C)C(C)(C)C)C(=O)N[C@H]1CC[C@@H]2CN(S(=O)(=O)c3cccc(C(F)(F)F)c3)C[C@@H]21. The Morgan fingerprint density at radius 3 is 2.35 bits per heavy atom. The van der Waals surface area contributed by atoms with Crippen molar-refractivity contribution in [2.45, 2.75) is 76.2 Å². The van der Waals surface area contributed by atoms with E-state index in [4.69, 9.17) is 4.74 Å². The summed E-state index contributed by atoms with van der Waals surface area (Å²) in [7, 11) is -2.54. The highest BCUT2D eigenvalue weighted by molar-refractivity contribution is 7.89. The molecule has 37 heavy (non-hydrogen) atoms. The van der Waals surface area contributed by atoms with Crippen molar-refractivity contribution in [3.05, 3.63) is 29.8 Å². The zero-order valence-electron chi connectivity index (χ0n) is 22.0. The van der Waals surface area contributed by atoms with E-state index in [2.05, 4.69) is 5.32 Å². The highest BCUT2D eigenvalue weighted by Crippen LogP contribution is 2.41. The largest absolute Gasteiger partial charge is 0.436 e. The molecule has 1 heterocycles. The van der Waals surface area contributed by atoms with Gasteiger partial charge in [0.15, 0.2) is 6.10 Å². The van der Waals surface area contributed by atoms with E-state index in [1.54, 1.807) is 20.9 Å². The van der Waals surface area contributed by atoms with Gasteiger partial charge in [0.1, 0.15) is 0 Å². The third-order valence-electron chi connectivity index (χ3n) is 7.32. The first-order valence-electron chi connectivity index (χ1n) is 12.3. The molecule has 0 aromatic heterocycles. The number of carbonyl (C=O) groups excluding carboxylic acids is 2. The minimum absolute atomic E-state index is 0.0297. The molecule has 208 valence electrons. The van der Waals surface area contributed by atoms with Crippen LogP contribution in [-0.4, -0.2) is 67.4 Å². The summed E-state index contributed by atoms with van der Waals surface area (Å²) in [5.41, 5.74) is -1.52. The molecule has 2 aliphatic rings. The standard InChI is InChI=1S/C25H36F3N3O5S/c1-15(2)21(36-23(33)30(6)24(3,4)5)22(32)29-20-11-10-16-13-31(14-19(16)20)37(34,35)18-9-7-8-17(12-18)25(26,27)28/h7-9,12,15-16,19-21H,10-11,13-14H2,1-6H3,(H,29,32)/t16-,19+,20+,21+/m1/s1. The molecule has 8 nitrogen and oxygen atoms in total. The Kier molecular flexibility index (Phi) is 8.24. The Balaban J connectivity index is 1.70. The van der Waals surface area contributed by atoms with Crippen molar-refractivity contribution in [1.82, 2.24) is 14.5 Å². The molecule has 1 saturated carbocycles. The molecule has 4 atom stereocenters. The van der Waals surface area contributed by atoms with Gasteiger partial charge in [-0.25, -0.2) is 13.2 Å². The molecule has 1 aliphatic carbocycles. The van der Waals surface area contributed by atoms with Crippen LogP contribution in [0, 0.1) is 17.8 Å². The zero-order chi connectivity index (χ0) is 27.9. The van der Waals surface area contributed by atoms with Crippen LogP contribution in [-0.2, 0) is 25.7 Å². The van der Waals surface area contributed by atoms with Crippen molar-refractivity contribution in [3.8, 4) is 0 Å². The molecule has 2 amide bonds. The molecule has 0 radical (unpaired) electrons. The van der Waals surface area contributed by atoms with E-state index in [0.29, 0.717) is 18.9 Å². The van der Waals surface area contributed by atoms with Crippen LogP contribution < -0.4 is 5.32 Å². The van der Waals surface area contributed by atoms with Gasteiger partial charge in [0.2, 0.25) is 10.0 Å². The third kappa shape index (κ3) is 6.39. The number of hydrogen-bond donors (Lipinski definition) is 1. The van der Waals surface area contributed by atoms with Crippen molar-refractivity contribution >= 4 is 22.0 Å². The normalized spacial score (nSPS) is 23.6. The van der Waals surface area contributed by atoms with Crippen LogP contribution in [0.5, 0.6) is 0 Å². The number of alkyl halides is 3. The van der Waals surface area contributed by atoms with Gasteiger partial charge in [0.05, 0.1) is 10.5 Å². The van der Waals surface area contributed by atoms with E-state index in [1.165, 1.54) is 9.21 Å². The predicted octanol–water partition coefficient (Wildman–Crippen LogP) is 4.11. The van der Waals surface area contributed by atoms with E-state index < -0.39 is 50.3 Å².